The van der Waals surface area contributed by atoms with Crippen LogP contribution < -0.4 is 20.7 Å². The Labute approximate surface area is 262 Å². The summed E-state index contributed by atoms with van der Waals surface area (Å²) in [4.78, 5) is 36.8. The van der Waals surface area contributed by atoms with E-state index in [-0.39, 0.29) is 46.7 Å². The minimum absolute atomic E-state index is 0.0187. The van der Waals surface area contributed by atoms with Crippen LogP contribution in [0.4, 0.5) is 15.8 Å². The first-order valence-electron chi connectivity index (χ1n) is 15.1. The molecule has 3 atom stereocenters. The van der Waals surface area contributed by atoms with Gasteiger partial charge < -0.3 is 20.2 Å². The molecule has 0 radical (unpaired) electrons. The molecular formula is C33H31ClFN7O3. The molecule has 5 aromatic rings. The van der Waals surface area contributed by atoms with E-state index >= 15 is 4.39 Å². The molecule has 10 nitrogen and oxygen atoms in total. The number of nitrogens with one attached hydrogen (secondary N) is 1. The Morgan fingerprint density at radius 3 is 2.71 bits per heavy atom. The number of phenolic OH excluding ortho intramolecular Hbond substituents is 1. The first-order valence-corrected chi connectivity index (χ1v) is 15.5. The summed E-state index contributed by atoms with van der Waals surface area (Å²) in [5.41, 5.74) is 1.07. The summed E-state index contributed by atoms with van der Waals surface area (Å²) in [6.07, 6.45) is 4.97. The maximum absolute atomic E-state index is 17.5. The van der Waals surface area contributed by atoms with Crippen LogP contribution in [0, 0.1) is 12.7 Å². The maximum Gasteiger partial charge on any atom is 0.283 e. The standard InChI is InChI=1S/C33H31ClFN7O3/c1-15(2)42-31(16(3)12-37-42)41-27-21(13-36-26(25(27)35)20-11-19(43)10-17-6-5-7-22(34)24(17)20)28-30(33(41)45)39(4)32(44)29-23-9-8-18(38-23)14-40(28)29/h5-7,10-13,15,18,23,29,38,43H,8-9,14H2,1-4H3. The Kier molecular flexibility index (Phi) is 6.08. The third-order valence-electron chi connectivity index (χ3n) is 9.53. The van der Waals surface area contributed by atoms with E-state index in [0.29, 0.717) is 50.4 Å². The van der Waals surface area contributed by atoms with Crippen molar-refractivity contribution in [3.63, 3.8) is 0 Å². The number of carbonyl (C=O) groups excluding carboxylic acids is 1. The van der Waals surface area contributed by atoms with Crippen LogP contribution in [0.2, 0.25) is 5.02 Å². The van der Waals surface area contributed by atoms with Crippen molar-refractivity contribution >= 4 is 50.6 Å². The number of aromatic nitrogens is 4. The molecule has 2 bridgehead atoms. The number of pyridine rings is 2. The van der Waals surface area contributed by atoms with Crippen LogP contribution >= 0.6 is 11.6 Å². The van der Waals surface area contributed by atoms with Gasteiger partial charge in [0.15, 0.2) is 5.82 Å². The molecule has 12 heteroatoms. The summed E-state index contributed by atoms with van der Waals surface area (Å²) in [5, 5.41) is 20.6. The van der Waals surface area contributed by atoms with Gasteiger partial charge in [0.25, 0.3) is 11.5 Å². The van der Waals surface area contributed by atoms with Crippen LogP contribution in [0.3, 0.4) is 0 Å². The predicted molar refractivity (Wildman–Crippen MR) is 172 cm³/mol. The molecule has 2 aromatic carbocycles. The van der Waals surface area contributed by atoms with Crippen molar-refractivity contribution in [1.82, 2.24) is 24.6 Å². The lowest BCUT2D eigenvalue weighted by atomic mass is 9.96. The second-order valence-corrected chi connectivity index (χ2v) is 13.0. The van der Waals surface area contributed by atoms with Crippen LogP contribution in [0.5, 0.6) is 5.75 Å². The zero-order valence-electron chi connectivity index (χ0n) is 25.2. The van der Waals surface area contributed by atoms with Crippen molar-refractivity contribution in [2.75, 3.05) is 23.4 Å². The molecule has 3 aromatic heterocycles. The average Bonchev–Trinajstić information content (AvgIpc) is 3.57. The number of amides is 1. The quantitative estimate of drug-likeness (QED) is 0.287. The lowest BCUT2D eigenvalue weighted by Crippen LogP contribution is -2.66. The summed E-state index contributed by atoms with van der Waals surface area (Å²) >= 11 is 6.63. The number of anilines is 2. The third kappa shape index (κ3) is 3.83. The fourth-order valence-corrected chi connectivity index (χ4v) is 7.88. The highest BCUT2D eigenvalue weighted by molar-refractivity contribution is 6.36. The van der Waals surface area contributed by atoms with Crippen LogP contribution in [-0.4, -0.2) is 62.1 Å². The van der Waals surface area contributed by atoms with Gasteiger partial charge in [0.1, 0.15) is 29.0 Å². The van der Waals surface area contributed by atoms with Gasteiger partial charge in [0.2, 0.25) is 0 Å². The fourth-order valence-electron chi connectivity index (χ4n) is 7.60. The highest BCUT2D eigenvalue weighted by atomic mass is 35.5. The Hall–Kier alpha value is -4.48. The molecule has 2 fully saturated rings. The molecule has 3 aliphatic rings. The van der Waals surface area contributed by atoms with Crippen LogP contribution in [0.15, 0.2) is 47.5 Å². The zero-order chi connectivity index (χ0) is 31.5. The number of benzene rings is 2. The molecule has 1 amide bonds. The minimum Gasteiger partial charge on any atom is -0.508 e. The summed E-state index contributed by atoms with van der Waals surface area (Å²) in [7, 11) is 1.61. The Morgan fingerprint density at radius 1 is 1.13 bits per heavy atom. The number of hydrogen-bond acceptors (Lipinski definition) is 7. The smallest absolute Gasteiger partial charge is 0.283 e. The van der Waals surface area contributed by atoms with E-state index in [9.17, 15) is 14.7 Å². The number of carbonyl (C=O) groups is 1. The number of phenols is 1. The van der Waals surface area contributed by atoms with Gasteiger partial charge in [-0.25, -0.2) is 9.07 Å². The number of aryl methyl sites for hydroxylation is 1. The maximum atomic E-state index is 17.5. The highest BCUT2D eigenvalue weighted by Crippen LogP contribution is 2.46. The molecule has 2 saturated heterocycles. The average molecular weight is 628 g/mol. The molecule has 3 unspecified atom stereocenters. The van der Waals surface area contributed by atoms with Gasteiger partial charge >= 0.3 is 0 Å². The van der Waals surface area contributed by atoms with Gasteiger partial charge in [0.05, 0.1) is 17.4 Å². The van der Waals surface area contributed by atoms with Gasteiger partial charge in [-0.1, -0.05) is 23.7 Å². The van der Waals surface area contributed by atoms with Crippen molar-refractivity contribution in [1.29, 1.82) is 0 Å². The molecule has 0 aliphatic carbocycles. The molecule has 8 rings (SSSR count). The lowest BCUT2D eigenvalue weighted by Gasteiger charge is -2.47. The molecule has 3 aliphatic heterocycles. The Balaban J connectivity index is 1.53. The van der Waals surface area contributed by atoms with Crippen molar-refractivity contribution in [2.24, 2.45) is 0 Å². The van der Waals surface area contributed by atoms with Gasteiger partial charge in [-0.3, -0.25) is 19.1 Å². The van der Waals surface area contributed by atoms with Gasteiger partial charge in [-0.15, -0.1) is 0 Å². The van der Waals surface area contributed by atoms with Crippen molar-refractivity contribution in [3.8, 4) is 22.8 Å². The molecule has 230 valence electrons. The van der Waals surface area contributed by atoms with Crippen molar-refractivity contribution in [2.45, 2.75) is 57.8 Å². The largest absolute Gasteiger partial charge is 0.508 e. The summed E-state index contributed by atoms with van der Waals surface area (Å²) < 4.78 is 20.5. The van der Waals surface area contributed by atoms with E-state index in [1.54, 1.807) is 48.4 Å². The number of piperazine rings is 1. The molecule has 0 spiro atoms. The summed E-state index contributed by atoms with van der Waals surface area (Å²) in [5.74, 6) is -0.592. The number of aromatic hydroxyl groups is 1. The predicted octanol–water partition coefficient (Wildman–Crippen LogP) is 5.08. The van der Waals surface area contributed by atoms with Gasteiger partial charge in [0, 0.05) is 64.8 Å². The third-order valence-corrected chi connectivity index (χ3v) is 9.85. The van der Waals surface area contributed by atoms with Gasteiger partial charge in [-0.05, 0) is 57.2 Å². The molecule has 0 saturated carbocycles. The summed E-state index contributed by atoms with van der Waals surface area (Å²) in [6, 6.07) is 7.63. The fraction of sp³-hybridized carbons (Fsp3) is 0.333. The van der Waals surface area contributed by atoms with Crippen LogP contribution in [0.25, 0.3) is 38.8 Å². The number of likely N-dealkylation sites (N-methyl/N-ethyl adjacent to an activating group) is 1. The van der Waals surface area contributed by atoms with E-state index in [1.165, 1.54) is 15.5 Å². The van der Waals surface area contributed by atoms with Crippen LogP contribution in [-0.2, 0) is 4.79 Å². The van der Waals surface area contributed by atoms with E-state index in [4.69, 9.17) is 11.6 Å². The van der Waals surface area contributed by atoms with Crippen molar-refractivity contribution < 1.29 is 14.3 Å². The van der Waals surface area contributed by atoms with Gasteiger partial charge in [-0.2, -0.15) is 5.10 Å². The highest BCUT2D eigenvalue weighted by Gasteiger charge is 2.50. The molecule has 45 heavy (non-hydrogen) atoms. The number of nitrogens with zero attached hydrogens (tertiary/aromatic N) is 6. The van der Waals surface area contributed by atoms with Crippen LogP contribution in [0.1, 0.15) is 38.3 Å². The monoisotopic (exact) mass is 627 g/mol. The minimum atomic E-state index is -0.746. The Bertz CT molecular complexity index is 2160. The van der Waals surface area contributed by atoms with E-state index in [2.05, 4.69) is 15.4 Å². The molecule has 2 N–H and O–H groups in total. The van der Waals surface area contributed by atoms with E-state index in [1.807, 2.05) is 25.7 Å². The molecular weight excluding hydrogens is 597 g/mol. The van der Waals surface area contributed by atoms with E-state index < -0.39 is 17.4 Å². The zero-order valence-corrected chi connectivity index (χ0v) is 25.9. The molecule has 6 heterocycles. The SMILES string of the molecule is Cc1cnn(C(C)C)c1-n1c(=O)c2c(c3cnc(-c4cc(O)cc5cccc(Cl)c45)c(F)c31)N1CC3CCC(N3)C1C(=O)N2C. The topological polar surface area (TPSA) is 109 Å². The second-order valence-electron chi connectivity index (χ2n) is 12.6. The first-order chi connectivity index (χ1) is 21.6. The number of hydrogen-bond donors (Lipinski definition) is 2. The Morgan fingerprint density at radius 2 is 1.93 bits per heavy atom. The van der Waals surface area contributed by atoms with Crippen molar-refractivity contribution in [3.05, 3.63) is 69.5 Å². The second kappa shape index (κ2) is 9.76. The normalized spacial score (nSPS) is 20.9. The number of rotatable bonds is 3. The lowest BCUT2D eigenvalue weighted by molar-refractivity contribution is -0.120. The number of fused-ring (bicyclic) bond motifs is 9. The van der Waals surface area contributed by atoms with E-state index in [0.717, 1.165) is 12.8 Å². The first kappa shape index (κ1) is 28.0. The number of halogens is 2. The summed E-state index contributed by atoms with van der Waals surface area (Å²) in [6.45, 7) is 6.19.